The van der Waals surface area contributed by atoms with Gasteiger partial charge >= 0.3 is 0 Å². The van der Waals surface area contributed by atoms with Crippen molar-refractivity contribution in [1.29, 1.82) is 0 Å². The van der Waals surface area contributed by atoms with Gasteiger partial charge in [0.1, 0.15) is 0 Å². The summed E-state index contributed by atoms with van der Waals surface area (Å²) >= 11 is 3.39. The number of hydrogen-bond acceptors (Lipinski definition) is 1. The topological polar surface area (TPSA) is 20.3 Å². The normalized spacial score (nSPS) is 13.3. The molecule has 0 heterocycles. The Balaban J connectivity index is 2.91. The highest BCUT2D eigenvalue weighted by Crippen LogP contribution is 2.24. The fourth-order valence-electron chi connectivity index (χ4n) is 1.58. The first-order chi connectivity index (χ1) is 7.73. The number of nitrogens with zero attached hydrogens (tertiary/aromatic N) is 1. The third kappa shape index (κ3) is 3.56. The Morgan fingerprint density at radius 2 is 1.94 bits per heavy atom. The maximum absolute atomic E-state index is 12.3. The van der Waals surface area contributed by atoms with Crippen LogP contribution in [0.3, 0.4) is 0 Å². The van der Waals surface area contributed by atoms with Crippen LogP contribution in [-0.2, 0) is 0 Å². The van der Waals surface area contributed by atoms with Crippen LogP contribution in [0.1, 0.15) is 38.1 Å². The third-order valence-corrected chi connectivity index (χ3v) is 3.72. The lowest BCUT2D eigenvalue weighted by Crippen LogP contribution is -2.42. The monoisotopic (exact) mass is 297 g/mol. The average molecular weight is 298 g/mol. The quantitative estimate of drug-likeness (QED) is 0.809. The standard InChI is InChI=1S/C14H20BrNO/c1-10(14(2,3)4)16(5)13(17)11-7-6-8-12(15)9-11/h6-10H,1-5H3. The lowest BCUT2D eigenvalue weighted by molar-refractivity contribution is 0.0629. The molecule has 0 aromatic heterocycles. The zero-order chi connectivity index (χ0) is 13.2. The van der Waals surface area contributed by atoms with Crippen molar-refractivity contribution in [3.05, 3.63) is 34.3 Å². The predicted molar refractivity (Wildman–Crippen MR) is 75.2 cm³/mol. The Morgan fingerprint density at radius 1 is 1.35 bits per heavy atom. The molecule has 17 heavy (non-hydrogen) atoms. The summed E-state index contributed by atoms with van der Waals surface area (Å²) in [6.45, 7) is 8.50. The van der Waals surface area contributed by atoms with Gasteiger partial charge in [-0.15, -0.1) is 0 Å². The highest BCUT2D eigenvalue weighted by atomic mass is 79.9. The molecule has 3 heteroatoms. The lowest BCUT2D eigenvalue weighted by atomic mass is 9.87. The van der Waals surface area contributed by atoms with Crippen molar-refractivity contribution >= 4 is 21.8 Å². The molecule has 1 atom stereocenters. The first-order valence-electron chi connectivity index (χ1n) is 5.76. The van der Waals surface area contributed by atoms with E-state index in [1.807, 2.05) is 36.2 Å². The van der Waals surface area contributed by atoms with Crippen LogP contribution in [0.15, 0.2) is 28.7 Å². The van der Waals surface area contributed by atoms with Crippen molar-refractivity contribution in [3.8, 4) is 0 Å². The molecule has 0 spiro atoms. The summed E-state index contributed by atoms with van der Waals surface area (Å²) in [6.07, 6.45) is 0. The zero-order valence-electron chi connectivity index (χ0n) is 11.1. The molecule has 0 fully saturated rings. The van der Waals surface area contributed by atoms with Gasteiger partial charge in [0, 0.05) is 23.1 Å². The predicted octanol–water partition coefficient (Wildman–Crippen LogP) is 3.96. The van der Waals surface area contributed by atoms with Crippen LogP contribution in [0.2, 0.25) is 0 Å². The second-order valence-corrected chi connectivity index (χ2v) is 6.38. The molecule has 1 amide bonds. The van der Waals surface area contributed by atoms with Gasteiger partial charge in [0.15, 0.2) is 0 Å². The molecular formula is C14H20BrNO. The number of carbonyl (C=O) groups excluding carboxylic acids is 1. The number of benzene rings is 1. The molecule has 94 valence electrons. The molecular weight excluding hydrogens is 278 g/mol. The first-order valence-corrected chi connectivity index (χ1v) is 6.55. The summed E-state index contributed by atoms with van der Waals surface area (Å²) in [6, 6.07) is 7.69. The third-order valence-electron chi connectivity index (χ3n) is 3.23. The molecule has 0 bridgehead atoms. The van der Waals surface area contributed by atoms with E-state index in [0.29, 0.717) is 0 Å². The fourth-order valence-corrected chi connectivity index (χ4v) is 1.98. The second-order valence-electron chi connectivity index (χ2n) is 5.47. The summed E-state index contributed by atoms with van der Waals surface area (Å²) in [7, 11) is 1.86. The van der Waals surface area contributed by atoms with Gasteiger partial charge in [-0.3, -0.25) is 4.79 Å². The van der Waals surface area contributed by atoms with Crippen molar-refractivity contribution in [3.63, 3.8) is 0 Å². The van der Waals surface area contributed by atoms with E-state index in [4.69, 9.17) is 0 Å². The van der Waals surface area contributed by atoms with E-state index in [9.17, 15) is 4.79 Å². The van der Waals surface area contributed by atoms with E-state index in [-0.39, 0.29) is 17.4 Å². The van der Waals surface area contributed by atoms with Crippen molar-refractivity contribution in [2.24, 2.45) is 5.41 Å². The molecule has 0 saturated carbocycles. The van der Waals surface area contributed by atoms with Crippen LogP contribution in [0.5, 0.6) is 0 Å². The molecule has 1 aromatic carbocycles. The van der Waals surface area contributed by atoms with Crippen LogP contribution in [0.4, 0.5) is 0 Å². The molecule has 0 saturated heterocycles. The van der Waals surface area contributed by atoms with Gasteiger partial charge in [0.05, 0.1) is 0 Å². The van der Waals surface area contributed by atoms with Crippen molar-refractivity contribution in [2.45, 2.75) is 33.7 Å². The number of amides is 1. The molecule has 0 aliphatic rings. The van der Waals surface area contributed by atoms with E-state index in [1.165, 1.54) is 0 Å². The summed E-state index contributed by atoms with van der Waals surface area (Å²) in [5.74, 6) is 0.0636. The summed E-state index contributed by atoms with van der Waals surface area (Å²) in [5, 5.41) is 0. The van der Waals surface area contributed by atoms with Crippen molar-refractivity contribution < 1.29 is 4.79 Å². The summed E-state index contributed by atoms with van der Waals surface area (Å²) in [4.78, 5) is 14.1. The van der Waals surface area contributed by atoms with Crippen LogP contribution in [0.25, 0.3) is 0 Å². The van der Waals surface area contributed by atoms with Gasteiger partial charge in [-0.25, -0.2) is 0 Å². The number of rotatable bonds is 2. The highest BCUT2D eigenvalue weighted by molar-refractivity contribution is 9.10. The van der Waals surface area contributed by atoms with Crippen molar-refractivity contribution in [2.75, 3.05) is 7.05 Å². The fraction of sp³-hybridized carbons (Fsp3) is 0.500. The van der Waals surface area contributed by atoms with Gasteiger partial charge in [-0.2, -0.15) is 0 Å². The maximum Gasteiger partial charge on any atom is 0.253 e. The van der Waals surface area contributed by atoms with Gasteiger partial charge < -0.3 is 4.90 Å². The Morgan fingerprint density at radius 3 is 2.41 bits per heavy atom. The summed E-state index contributed by atoms with van der Waals surface area (Å²) in [5.41, 5.74) is 0.800. The molecule has 1 aromatic rings. The van der Waals surface area contributed by atoms with Gasteiger partial charge in [-0.1, -0.05) is 42.8 Å². The van der Waals surface area contributed by atoms with Crippen LogP contribution in [0, 0.1) is 5.41 Å². The smallest absolute Gasteiger partial charge is 0.253 e. The molecule has 0 N–H and O–H groups in total. The van der Waals surface area contributed by atoms with Crippen LogP contribution < -0.4 is 0 Å². The Hall–Kier alpha value is -0.830. The van der Waals surface area contributed by atoms with Gasteiger partial charge in [0.2, 0.25) is 0 Å². The highest BCUT2D eigenvalue weighted by Gasteiger charge is 2.27. The Kier molecular flexibility index (Phi) is 4.36. The van der Waals surface area contributed by atoms with Gasteiger partial charge in [-0.05, 0) is 30.5 Å². The summed E-state index contributed by atoms with van der Waals surface area (Å²) < 4.78 is 0.931. The van der Waals surface area contributed by atoms with Gasteiger partial charge in [0.25, 0.3) is 5.91 Å². The Bertz CT molecular complexity index is 409. The second kappa shape index (κ2) is 5.21. The van der Waals surface area contributed by atoms with Crippen molar-refractivity contribution in [1.82, 2.24) is 4.90 Å². The SMILES string of the molecule is CC(N(C)C(=O)c1cccc(Br)c1)C(C)(C)C. The molecule has 1 rings (SSSR count). The molecule has 1 unspecified atom stereocenters. The first kappa shape index (κ1) is 14.2. The maximum atomic E-state index is 12.3. The molecule has 0 aliphatic carbocycles. The molecule has 0 aliphatic heterocycles. The minimum atomic E-state index is 0.0636. The minimum Gasteiger partial charge on any atom is -0.338 e. The average Bonchev–Trinajstić information content (AvgIpc) is 2.25. The van der Waals surface area contributed by atoms with Crippen LogP contribution in [-0.4, -0.2) is 23.9 Å². The molecule has 0 radical (unpaired) electrons. The van der Waals surface area contributed by atoms with E-state index in [0.717, 1.165) is 10.0 Å². The van der Waals surface area contributed by atoms with E-state index in [2.05, 4.69) is 43.6 Å². The Labute approximate surface area is 112 Å². The number of hydrogen-bond donors (Lipinski definition) is 0. The van der Waals surface area contributed by atoms with Crippen LogP contribution >= 0.6 is 15.9 Å². The van der Waals surface area contributed by atoms with E-state index < -0.39 is 0 Å². The number of halogens is 1. The number of carbonyl (C=O) groups is 1. The zero-order valence-corrected chi connectivity index (χ0v) is 12.7. The van der Waals surface area contributed by atoms with E-state index >= 15 is 0 Å². The minimum absolute atomic E-state index is 0.0636. The lowest BCUT2D eigenvalue weighted by Gasteiger charge is -2.35. The van der Waals surface area contributed by atoms with E-state index in [1.54, 1.807) is 0 Å². The largest absolute Gasteiger partial charge is 0.338 e. The molecule has 2 nitrogen and oxygen atoms in total.